The normalized spacial score (nSPS) is 12.6. The Labute approximate surface area is 164 Å². The van der Waals surface area contributed by atoms with E-state index in [4.69, 9.17) is 5.21 Å². The van der Waals surface area contributed by atoms with Crippen LogP contribution in [0.2, 0.25) is 0 Å². The van der Waals surface area contributed by atoms with Gasteiger partial charge in [0.1, 0.15) is 6.04 Å². The molecule has 146 valence electrons. The Bertz CT molecular complexity index is 1050. The van der Waals surface area contributed by atoms with Crippen LogP contribution in [0.4, 0.5) is 0 Å². The second kappa shape index (κ2) is 8.97. The number of nitrogens with one attached hydrogen (secondary N) is 2. The molecule has 0 aliphatic heterocycles. The third-order valence-corrected chi connectivity index (χ3v) is 5.84. The highest BCUT2D eigenvalue weighted by molar-refractivity contribution is 7.88. The summed E-state index contributed by atoms with van der Waals surface area (Å²) in [6.07, 6.45) is 0.727. The number of hydroxylamine groups is 1. The minimum atomic E-state index is -3.78. The maximum absolute atomic E-state index is 12.6. The van der Waals surface area contributed by atoms with Gasteiger partial charge >= 0.3 is 0 Å². The summed E-state index contributed by atoms with van der Waals surface area (Å²) in [4.78, 5) is 12.0. The van der Waals surface area contributed by atoms with Gasteiger partial charge in [0.05, 0.1) is 5.75 Å². The SMILES string of the molecule is O=C(NO)C(CCc1ccccc1)NS(=O)(=O)Cc1ccc2ccccc2c1. The molecule has 0 aliphatic carbocycles. The summed E-state index contributed by atoms with van der Waals surface area (Å²) in [7, 11) is -3.78. The van der Waals surface area contributed by atoms with Crippen LogP contribution in [0.3, 0.4) is 0 Å². The summed E-state index contributed by atoms with van der Waals surface area (Å²) in [5.74, 6) is -1.03. The Morgan fingerprint density at radius 2 is 1.57 bits per heavy atom. The lowest BCUT2D eigenvalue weighted by atomic mass is 10.1. The Hall–Kier alpha value is -2.74. The van der Waals surface area contributed by atoms with Crippen LogP contribution in [0, 0.1) is 0 Å². The molecule has 1 atom stereocenters. The van der Waals surface area contributed by atoms with E-state index in [1.54, 1.807) is 11.5 Å². The van der Waals surface area contributed by atoms with Crippen molar-refractivity contribution in [3.63, 3.8) is 0 Å². The van der Waals surface area contributed by atoms with Crippen molar-refractivity contribution in [1.82, 2.24) is 10.2 Å². The Balaban J connectivity index is 1.71. The number of carbonyl (C=O) groups is 1. The molecule has 0 heterocycles. The first-order valence-corrected chi connectivity index (χ1v) is 10.6. The van der Waals surface area contributed by atoms with Gasteiger partial charge in [-0.05, 0) is 34.7 Å². The Morgan fingerprint density at radius 3 is 2.29 bits per heavy atom. The number of hydrogen-bond acceptors (Lipinski definition) is 4. The van der Waals surface area contributed by atoms with Gasteiger partial charge in [-0.2, -0.15) is 0 Å². The lowest BCUT2D eigenvalue weighted by Crippen LogP contribution is -2.46. The predicted octanol–water partition coefficient (Wildman–Crippen LogP) is 2.77. The number of fused-ring (bicyclic) bond motifs is 1. The van der Waals surface area contributed by atoms with Crippen molar-refractivity contribution < 1.29 is 18.4 Å². The summed E-state index contributed by atoms with van der Waals surface area (Å²) < 4.78 is 27.6. The third kappa shape index (κ3) is 5.39. The van der Waals surface area contributed by atoms with Crippen LogP contribution in [-0.2, 0) is 27.0 Å². The zero-order chi connectivity index (χ0) is 20.0. The van der Waals surface area contributed by atoms with E-state index in [2.05, 4.69) is 4.72 Å². The summed E-state index contributed by atoms with van der Waals surface area (Å²) >= 11 is 0. The molecular formula is C21H22N2O4S. The van der Waals surface area contributed by atoms with Gasteiger partial charge < -0.3 is 0 Å². The number of benzene rings is 3. The van der Waals surface area contributed by atoms with E-state index < -0.39 is 22.0 Å². The molecule has 3 N–H and O–H groups in total. The quantitative estimate of drug-likeness (QED) is 0.402. The molecule has 0 saturated carbocycles. The van der Waals surface area contributed by atoms with E-state index in [1.165, 1.54) is 0 Å². The standard InChI is InChI=1S/C21H22N2O4S/c24-21(22-25)20(13-11-16-6-2-1-3-7-16)23-28(26,27)15-17-10-12-18-8-4-5-9-19(18)14-17/h1-10,12,14,20,23,25H,11,13,15H2,(H,22,24). The zero-order valence-corrected chi connectivity index (χ0v) is 16.0. The summed E-state index contributed by atoms with van der Waals surface area (Å²) in [5.41, 5.74) is 3.15. The number of sulfonamides is 1. The lowest BCUT2D eigenvalue weighted by molar-refractivity contribution is -0.131. The summed E-state index contributed by atoms with van der Waals surface area (Å²) in [6.45, 7) is 0. The van der Waals surface area contributed by atoms with Gasteiger partial charge in [0.2, 0.25) is 10.0 Å². The van der Waals surface area contributed by atoms with Crippen LogP contribution in [-0.4, -0.2) is 25.6 Å². The molecule has 3 aromatic rings. The van der Waals surface area contributed by atoms with Crippen molar-refractivity contribution in [3.8, 4) is 0 Å². The van der Waals surface area contributed by atoms with Gasteiger partial charge in [-0.15, -0.1) is 0 Å². The van der Waals surface area contributed by atoms with Gasteiger partial charge in [-0.3, -0.25) is 10.0 Å². The molecule has 6 nitrogen and oxygen atoms in total. The molecule has 7 heteroatoms. The van der Waals surface area contributed by atoms with Crippen LogP contribution in [0.1, 0.15) is 17.5 Å². The minimum Gasteiger partial charge on any atom is -0.289 e. The molecule has 0 spiro atoms. The molecule has 0 saturated heterocycles. The third-order valence-electron chi connectivity index (χ3n) is 4.48. The minimum absolute atomic E-state index is 0.230. The van der Waals surface area contributed by atoms with Crippen molar-refractivity contribution in [1.29, 1.82) is 0 Å². The largest absolute Gasteiger partial charge is 0.289 e. The Kier molecular flexibility index (Phi) is 6.41. The predicted molar refractivity (Wildman–Crippen MR) is 108 cm³/mol. The number of rotatable bonds is 8. The van der Waals surface area contributed by atoms with Gasteiger partial charge in [0.25, 0.3) is 5.91 Å². The number of hydrogen-bond donors (Lipinski definition) is 3. The van der Waals surface area contributed by atoms with Gasteiger partial charge in [0, 0.05) is 0 Å². The van der Waals surface area contributed by atoms with Crippen LogP contribution < -0.4 is 10.2 Å². The fourth-order valence-corrected chi connectivity index (χ4v) is 4.44. The van der Waals surface area contributed by atoms with Crippen molar-refractivity contribution in [2.75, 3.05) is 0 Å². The van der Waals surface area contributed by atoms with Crippen molar-refractivity contribution >= 4 is 26.7 Å². The highest BCUT2D eigenvalue weighted by Crippen LogP contribution is 2.17. The second-order valence-electron chi connectivity index (χ2n) is 6.61. The van der Waals surface area contributed by atoms with Gasteiger partial charge in [-0.1, -0.05) is 72.8 Å². The molecule has 0 aliphatic rings. The van der Waals surface area contributed by atoms with E-state index in [9.17, 15) is 13.2 Å². The average molecular weight is 398 g/mol. The van der Waals surface area contributed by atoms with Gasteiger partial charge in [-0.25, -0.2) is 18.6 Å². The first kappa shape index (κ1) is 20.0. The summed E-state index contributed by atoms with van der Waals surface area (Å²) in [5, 5.41) is 10.9. The molecule has 28 heavy (non-hydrogen) atoms. The second-order valence-corrected chi connectivity index (χ2v) is 8.37. The fraction of sp³-hybridized carbons (Fsp3) is 0.190. The molecule has 1 amide bonds. The number of amides is 1. The number of carbonyl (C=O) groups excluding carboxylic acids is 1. The molecular weight excluding hydrogens is 376 g/mol. The van der Waals surface area contributed by atoms with Crippen LogP contribution in [0.5, 0.6) is 0 Å². The monoisotopic (exact) mass is 398 g/mol. The molecule has 3 aromatic carbocycles. The van der Waals surface area contributed by atoms with E-state index in [0.717, 1.165) is 16.3 Å². The topological polar surface area (TPSA) is 95.5 Å². The van der Waals surface area contributed by atoms with Crippen molar-refractivity contribution in [2.45, 2.75) is 24.6 Å². The highest BCUT2D eigenvalue weighted by atomic mass is 32.2. The van der Waals surface area contributed by atoms with Crippen LogP contribution in [0.25, 0.3) is 10.8 Å². The van der Waals surface area contributed by atoms with E-state index in [-0.39, 0.29) is 12.2 Å². The molecule has 0 bridgehead atoms. The van der Waals surface area contributed by atoms with E-state index in [1.807, 2.05) is 66.7 Å². The molecule has 1 unspecified atom stereocenters. The van der Waals surface area contributed by atoms with Gasteiger partial charge in [0.15, 0.2) is 0 Å². The van der Waals surface area contributed by atoms with Crippen molar-refractivity contribution in [2.24, 2.45) is 0 Å². The van der Waals surface area contributed by atoms with Crippen LogP contribution >= 0.6 is 0 Å². The van der Waals surface area contributed by atoms with Crippen molar-refractivity contribution in [3.05, 3.63) is 83.9 Å². The van der Waals surface area contributed by atoms with E-state index >= 15 is 0 Å². The molecule has 0 aromatic heterocycles. The highest BCUT2D eigenvalue weighted by Gasteiger charge is 2.24. The van der Waals surface area contributed by atoms with Crippen LogP contribution in [0.15, 0.2) is 72.8 Å². The molecule has 3 rings (SSSR count). The zero-order valence-electron chi connectivity index (χ0n) is 15.2. The number of aryl methyl sites for hydroxylation is 1. The molecule has 0 radical (unpaired) electrons. The smallest absolute Gasteiger partial charge is 0.261 e. The fourth-order valence-electron chi connectivity index (χ4n) is 3.08. The summed E-state index contributed by atoms with van der Waals surface area (Å²) in [6, 6.07) is 21.5. The maximum Gasteiger partial charge on any atom is 0.261 e. The lowest BCUT2D eigenvalue weighted by Gasteiger charge is -2.17. The first-order valence-electron chi connectivity index (χ1n) is 8.92. The maximum atomic E-state index is 12.6. The molecule has 0 fully saturated rings. The van der Waals surface area contributed by atoms with E-state index in [0.29, 0.717) is 12.0 Å². The first-order chi connectivity index (χ1) is 13.5. The average Bonchev–Trinajstić information content (AvgIpc) is 2.70. The Morgan fingerprint density at radius 1 is 0.893 bits per heavy atom.